The van der Waals surface area contributed by atoms with E-state index in [0.29, 0.717) is 12.8 Å². The zero-order valence-corrected chi connectivity index (χ0v) is 46.4. The van der Waals surface area contributed by atoms with Crippen molar-refractivity contribution in [1.82, 2.24) is 5.32 Å². The minimum atomic E-state index is -1.26. The summed E-state index contributed by atoms with van der Waals surface area (Å²) in [5.74, 6) is -0.574. The summed E-state index contributed by atoms with van der Waals surface area (Å²) in [5.41, 5.74) is 0. The highest BCUT2D eigenvalue weighted by Crippen LogP contribution is 2.19. The predicted molar refractivity (Wildman–Crippen MR) is 298 cm³/mol. The lowest BCUT2D eigenvalue weighted by Crippen LogP contribution is -2.53. The number of aliphatic hydroxyl groups excluding tert-OH is 4. The molecule has 0 aromatic carbocycles. The summed E-state index contributed by atoms with van der Waals surface area (Å²) < 4.78 is 0. The van der Waals surface area contributed by atoms with Crippen molar-refractivity contribution in [3.63, 3.8) is 0 Å². The molecular formula is C62H125NO5. The first-order chi connectivity index (χ1) is 33.5. The van der Waals surface area contributed by atoms with Crippen LogP contribution >= 0.6 is 0 Å². The first-order valence-electron chi connectivity index (χ1n) is 31.4. The molecule has 4 unspecified atom stereocenters. The maximum Gasteiger partial charge on any atom is 0.249 e. The third-order valence-electron chi connectivity index (χ3n) is 15.3. The summed E-state index contributed by atoms with van der Waals surface area (Å²) >= 11 is 0. The van der Waals surface area contributed by atoms with E-state index in [4.69, 9.17) is 0 Å². The van der Waals surface area contributed by atoms with Gasteiger partial charge in [-0.3, -0.25) is 4.79 Å². The summed E-state index contributed by atoms with van der Waals surface area (Å²) in [6, 6.07) is -0.981. The van der Waals surface area contributed by atoms with E-state index in [1.165, 1.54) is 295 Å². The van der Waals surface area contributed by atoms with Crippen LogP contribution in [0.5, 0.6) is 0 Å². The van der Waals surface area contributed by atoms with E-state index in [2.05, 4.69) is 19.2 Å². The maximum absolute atomic E-state index is 12.6. The average Bonchev–Trinajstić information content (AvgIpc) is 3.34. The van der Waals surface area contributed by atoms with Gasteiger partial charge in [0.05, 0.1) is 18.8 Å². The third kappa shape index (κ3) is 50.3. The maximum atomic E-state index is 12.6. The van der Waals surface area contributed by atoms with Gasteiger partial charge in [0.2, 0.25) is 5.91 Å². The fraction of sp³-hybridized carbons (Fsp3) is 0.984. The van der Waals surface area contributed by atoms with Crippen LogP contribution in [0.4, 0.5) is 0 Å². The number of amides is 1. The molecule has 6 nitrogen and oxygen atoms in total. The Kier molecular flexibility index (Phi) is 56.6. The van der Waals surface area contributed by atoms with Gasteiger partial charge in [-0.1, -0.05) is 348 Å². The molecular weight excluding hydrogens is 839 g/mol. The summed E-state index contributed by atoms with van der Waals surface area (Å²) in [5, 5.41) is 44.1. The van der Waals surface area contributed by atoms with Crippen molar-refractivity contribution in [3.8, 4) is 0 Å². The van der Waals surface area contributed by atoms with Crippen molar-refractivity contribution in [2.24, 2.45) is 0 Å². The second-order valence-corrected chi connectivity index (χ2v) is 22.1. The first-order valence-corrected chi connectivity index (χ1v) is 31.4. The largest absolute Gasteiger partial charge is 0.394 e. The molecule has 0 bridgehead atoms. The number of rotatable bonds is 59. The molecule has 0 aliphatic heterocycles. The molecule has 0 saturated heterocycles. The summed E-state index contributed by atoms with van der Waals surface area (Å²) in [4.78, 5) is 12.6. The molecule has 408 valence electrons. The van der Waals surface area contributed by atoms with E-state index in [-0.39, 0.29) is 0 Å². The Bertz CT molecular complexity index is 948. The number of hydrogen-bond acceptors (Lipinski definition) is 5. The molecule has 0 saturated carbocycles. The van der Waals surface area contributed by atoms with Gasteiger partial charge in [0.25, 0.3) is 0 Å². The second-order valence-electron chi connectivity index (χ2n) is 22.1. The van der Waals surface area contributed by atoms with Gasteiger partial charge >= 0.3 is 0 Å². The molecule has 1 amide bonds. The Labute approximate surface area is 426 Å². The van der Waals surface area contributed by atoms with Gasteiger partial charge in [0, 0.05) is 0 Å². The summed E-state index contributed by atoms with van der Waals surface area (Å²) in [6.07, 6.45) is 67.7. The highest BCUT2D eigenvalue weighted by molar-refractivity contribution is 5.80. The fourth-order valence-electron chi connectivity index (χ4n) is 10.4. The van der Waals surface area contributed by atoms with Crippen LogP contribution in [0.3, 0.4) is 0 Å². The van der Waals surface area contributed by atoms with Crippen molar-refractivity contribution >= 4 is 5.91 Å². The molecule has 0 fully saturated rings. The Morgan fingerprint density at radius 2 is 0.500 bits per heavy atom. The normalized spacial score (nSPS) is 13.6. The Morgan fingerprint density at radius 1 is 0.309 bits per heavy atom. The topological polar surface area (TPSA) is 110 Å². The molecule has 0 aromatic heterocycles. The smallest absolute Gasteiger partial charge is 0.249 e. The number of hydrogen-bond donors (Lipinski definition) is 5. The number of nitrogens with one attached hydrogen (secondary N) is 1. The van der Waals surface area contributed by atoms with Crippen LogP contribution in [0, 0.1) is 0 Å². The summed E-state index contributed by atoms with van der Waals surface area (Å²) in [7, 11) is 0. The highest BCUT2D eigenvalue weighted by Gasteiger charge is 2.28. The van der Waals surface area contributed by atoms with Gasteiger partial charge in [-0.05, 0) is 12.8 Å². The number of carbonyl (C=O) groups excluding carboxylic acids is 1. The average molecular weight is 965 g/mol. The van der Waals surface area contributed by atoms with Crippen LogP contribution in [-0.4, -0.2) is 57.3 Å². The molecule has 6 heteroatoms. The molecule has 0 aromatic rings. The van der Waals surface area contributed by atoms with Crippen molar-refractivity contribution in [1.29, 1.82) is 0 Å². The van der Waals surface area contributed by atoms with E-state index >= 15 is 0 Å². The van der Waals surface area contributed by atoms with Crippen LogP contribution < -0.4 is 5.32 Å². The van der Waals surface area contributed by atoms with Gasteiger partial charge in [0.1, 0.15) is 12.2 Å². The Morgan fingerprint density at radius 3 is 0.706 bits per heavy atom. The highest BCUT2D eigenvalue weighted by atomic mass is 16.3. The lowest BCUT2D eigenvalue weighted by atomic mass is 9.99. The zero-order valence-electron chi connectivity index (χ0n) is 46.4. The van der Waals surface area contributed by atoms with Crippen molar-refractivity contribution in [2.75, 3.05) is 6.61 Å². The van der Waals surface area contributed by atoms with Crippen molar-refractivity contribution in [3.05, 3.63) is 0 Å². The molecule has 0 rings (SSSR count). The number of unbranched alkanes of at least 4 members (excludes halogenated alkanes) is 50. The fourth-order valence-corrected chi connectivity index (χ4v) is 10.4. The van der Waals surface area contributed by atoms with Crippen LogP contribution in [-0.2, 0) is 4.79 Å². The molecule has 0 heterocycles. The molecule has 0 aliphatic carbocycles. The van der Waals surface area contributed by atoms with Gasteiger partial charge in [-0.15, -0.1) is 0 Å². The Hall–Kier alpha value is -0.690. The lowest BCUT2D eigenvalue weighted by Gasteiger charge is -2.27. The SMILES string of the molecule is CCCCCCCCCCCCCCCCCCCCCCCCCCCCCCC(O)C(=O)NC(CO)C(O)C(O)CCCCCCCCCCCCCCCCCCCCCCCCCC. The molecule has 0 spiro atoms. The lowest BCUT2D eigenvalue weighted by molar-refractivity contribution is -0.132. The zero-order chi connectivity index (χ0) is 49.5. The van der Waals surface area contributed by atoms with E-state index in [1.807, 2.05) is 0 Å². The predicted octanol–water partition coefficient (Wildman–Crippen LogP) is 18.7. The van der Waals surface area contributed by atoms with Gasteiger partial charge in [-0.25, -0.2) is 0 Å². The van der Waals surface area contributed by atoms with Gasteiger partial charge < -0.3 is 25.7 Å². The van der Waals surface area contributed by atoms with Gasteiger partial charge in [0.15, 0.2) is 0 Å². The molecule has 0 aliphatic rings. The molecule has 4 atom stereocenters. The summed E-state index contributed by atoms with van der Waals surface area (Å²) in [6.45, 7) is 4.11. The van der Waals surface area contributed by atoms with E-state index in [1.54, 1.807) is 0 Å². The third-order valence-corrected chi connectivity index (χ3v) is 15.3. The van der Waals surface area contributed by atoms with E-state index < -0.39 is 36.9 Å². The molecule has 5 N–H and O–H groups in total. The Balaban J connectivity index is 3.54. The number of aliphatic hydroxyl groups is 4. The van der Waals surface area contributed by atoms with Crippen LogP contribution in [0.1, 0.15) is 361 Å². The van der Waals surface area contributed by atoms with Crippen molar-refractivity contribution in [2.45, 2.75) is 385 Å². The van der Waals surface area contributed by atoms with Crippen LogP contribution in [0.15, 0.2) is 0 Å². The quantitative estimate of drug-likeness (QED) is 0.0390. The standard InChI is InChI=1S/C62H125NO5/c1-3-5-7-9-11-13-15-17-19-21-23-25-27-29-30-31-32-34-36-38-40-42-44-46-48-50-52-54-56-60(66)62(68)63-58(57-64)61(67)59(65)55-53-51-49-47-45-43-41-39-37-35-33-28-26-24-22-20-18-16-14-12-10-8-6-4-2/h58-61,64-67H,3-57H2,1-2H3,(H,63,68). The van der Waals surface area contributed by atoms with Crippen LogP contribution in [0.2, 0.25) is 0 Å². The minimum absolute atomic E-state index is 0.377. The van der Waals surface area contributed by atoms with E-state index in [9.17, 15) is 25.2 Å². The molecule has 68 heavy (non-hydrogen) atoms. The van der Waals surface area contributed by atoms with Gasteiger partial charge in [-0.2, -0.15) is 0 Å². The van der Waals surface area contributed by atoms with Crippen LogP contribution in [0.25, 0.3) is 0 Å². The second kappa shape index (κ2) is 57.2. The van der Waals surface area contributed by atoms with E-state index in [0.717, 1.165) is 38.5 Å². The van der Waals surface area contributed by atoms with Crippen molar-refractivity contribution < 1.29 is 25.2 Å². The molecule has 0 radical (unpaired) electrons. The minimum Gasteiger partial charge on any atom is -0.394 e. The monoisotopic (exact) mass is 964 g/mol. The number of carbonyl (C=O) groups is 1. The first kappa shape index (κ1) is 67.3.